The second kappa shape index (κ2) is 8.60. The summed E-state index contributed by atoms with van der Waals surface area (Å²) >= 11 is 6.08. The van der Waals surface area contributed by atoms with E-state index in [0.29, 0.717) is 17.2 Å². The molecule has 0 amide bonds. The normalized spacial score (nSPS) is 13.3. The number of hydrogen-bond donors (Lipinski definition) is 1. The van der Waals surface area contributed by atoms with Crippen molar-refractivity contribution in [3.05, 3.63) is 64.9 Å². The number of rotatable bonds is 6. The fraction of sp³-hybridized carbons (Fsp3) is 0.238. The quantitative estimate of drug-likeness (QED) is 0.600. The zero-order valence-corrected chi connectivity index (χ0v) is 18.6. The van der Waals surface area contributed by atoms with Gasteiger partial charge in [0.25, 0.3) is 15.9 Å². The number of anilines is 2. The van der Waals surface area contributed by atoms with Gasteiger partial charge in [0.1, 0.15) is 19.0 Å². The summed E-state index contributed by atoms with van der Waals surface area (Å²) in [6.45, 7) is 3.28. The lowest BCUT2D eigenvalue weighted by Gasteiger charge is -2.28. The van der Waals surface area contributed by atoms with E-state index in [2.05, 4.69) is 19.6 Å². The summed E-state index contributed by atoms with van der Waals surface area (Å²) in [4.78, 5) is 10.4. The van der Waals surface area contributed by atoms with Crippen molar-refractivity contribution in [1.82, 2.24) is 9.97 Å². The second-order valence-electron chi connectivity index (χ2n) is 7.04. The minimum Gasteiger partial charge on any atom is -0.490 e. The Balaban J connectivity index is 1.54. The molecule has 162 valence electrons. The van der Waals surface area contributed by atoms with Gasteiger partial charge in [-0.05, 0) is 42.3 Å². The fourth-order valence-electron chi connectivity index (χ4n) is 3.20. The Labute approximate surface area is 185 Å². The van der Waals surface area contributed by atoms with E-state index in [9.17, 15) is 8.42 Å². The highest BCUT2D eigenvalue weighted by Crippen LogP contribution is 2.32. The molecule has 0 saturated carbocycles. The number of ether oxygens (including phenoxy) is 2. The van der Waals surface area contributed by atoms with Gasteiger partial charge >= 0.3 is 0 Å². The van der Waals surface area contributed by atoms with Crippen molar-refractivity contribution in [3.63, 3.8) is 0 Å². The van der Waals surface area contributed by atoms with Crippen molar-refractivity contribution in [2.24, 2.45) is 0 Å². The standard InChI is InChI=1S/C21H21ClN4O4S/c1-14-16(22)4-3-5-19(14)31(27,28)25-20-21(24-9-8-23-20)30-13-15-6-7-18-17(12-15)26(2)10-11-29-18/h3-9,12H,10-11,13H2,1-2H3,(H,23,25). The van der Waals surface area contributed by atoms with Gasteiger partial charge in [0.15, 0.2) is 0 Å². The van der Waals surface area contributed by atoms with E-state index < -0.39 is 10.0 Å². The van der Waals surface area contributed by atoms with Crippen LogP contribution in [0.25, 0.3) is 0 Å². The third-order valence-electron chi connectivity index (χ3n) is 4.90. The van der Waals surface area contributed by atoms with Crippen LogP contribution >= 0.6 is 11.6 Å². The summed E-state index contributed by atoms with van der Waals surface area (Å²) in [5.74, 6) is 0.899. The van der Waals surface area contributed by atoms with Gasteiger partial charge in [0.05, 0.1) is 17.1 Å². The van der Waals surface area contributed by atoms with Crippen molar-refractivity contribution in [3.8, 4) is 11.6 Å². The number of hydrogen-bond acceptors (Lipinski definition) is 7. The zero-order valence-electron chi connectivity index (χ0n) is 17.0. The minimum atomic E-state index is -3.93. The maximum atomic E-state index is 12.9. The van der Waals surface area contributed by atoms with Gasteiger partial charge in [-0.15, -0.1) is 0 Å². The molecule has 1 N–H and O–H groups in total. The molecule has 31 heavy (non-hydrogen) atoms. The zero-order chi connectivity index (χ0) is 22.0. The van der Waals surface area contributed by atoms with E-state index in [0.717, 1.165) is 23.5 Å². The Morgan fingerprint density at radius 3 is 2.87 bits per heavy atom. The molecule has 3 aromatic rings. The number of fused-ring (bicyclic) bond motifs is 1. The number of benzene rings is 2. The molecule has 0 radical (unpaired) electrons. The number of aromatic nitrogens is 2. The third kappa shape index (κ3) is 4.52. The summed E-state index contributed by atoms with van der Waals surface area (Å²) in [5.41, 5.74) is 2.31. The molecule has 10 heteroatoms. The predicted octanol–water partition coefficient (Wildman–Crippen LogP) is 3.65. The van der Waals surface area contributed by atoms with Gasteiger partial charge in [0, 0.05) is 24.5 Å². The molecule has 0 unspecified atom stereocenters. The molecule has 8 nitrogen and oxygen atoms in total. The number of sulfonamides is 1. The summed E-state index contributed by atoms with van der Waals surface area (Å²) < 4.78 is 39.7. The van der Waals surface area contributed by atoms with Crippen molar-refractivity contribution in [1.29, 1.82) is 0 Å². The molecule has 2 heterocycles. The van der Waals surface area contributed by atoms with Gasteiger partial charge < -0.3 is 14.4 Å². The van der Waals surface area contributed by atoms with Crippen LogP contribution in [-0.4, -0.2) is 38.6 Å². The van der Waals surface area contributed by atoms with Crippen LogP contribution in [-0.2, 0) is 16.6 Å². The average Bonchev–Trinajstić information content (AvgIpc) is 2.75. The summed E-state index contributed by atoms with van der Waals surface area (Å²) in [5, 5.41) is 0.361. The molecule has 0 aliphatic carbocycles. The summed E-state index contributed by atoms with van der Waals surface area (Å²) in [6, 6.07) is 10.5. The lowest BCUT2D eigenvalue weighted by atomic mass is 10.1. The van der Waals surface area contributed by atoms with Crippen LogP contribution < -0.4 is 19.1 Å². The molecule has 2 aromatic carbocycles. The molecule has 0 atom stereocenters. The van der Waals surface area contributed by atoms with Crippen LogP contribution in [0.15, 0.2) is 53.7 Å². The highest BCUT2D eigenvalue weighted by atomic mass is 35.5. The lowest BCUT2D eigenvalue weighted by Crippen LogP contribution is -2.28. The molecule has 1 aliphatic rings. The Hall–Kier alpha value is -3.04. The van der Waals surface area contributed by atoms with E-state index in [4.69, 9.17) is 21.1 Å². The first-order valence-corrected chi connectivity index (χ1v) is 11.4. The van der Waals surface area contributed by atoms with Crippen LogP contribution in [0.2, 0.25) is 5.02 Å². The van der Waals surface area contributed by atoms with Gasteiger partial charge in [-0.2, -0.15) is 0 Å². The van der Waals surface area contributed by atoms with Crippen LogP contribution in [0.4, 0.5) is 11.5 Å². The molecule has 1 aliphatic heterocycles. The number of nitrogens with zero attached hydrogens (tertiary/aromatic N) is 3. The lowest BCUT2D eigenvalue weighted by molar-refractivity contribution is 0.292. The monoisotopic (exact) mass is 460 g/mol. The van der Waals surface area contributed by atoms with E-state index >= 15 is 0 Å². The minimum absolute atomic E-state index is 0.000266. The van der Waals surface area contributed by atoms with Gasteiger partial charge in [-0.1, -0.05) is 23.7 Å². The van der Waals surface area contributed by atoms with Crippen molar-refractivity contribution >= 4 is 33.1 Å². The van der Waals surface area contributed by atoms with E-state index in [1.807, 2.05) is 25.2 Å². The highest BCUT2D eigenvalue weighted by Gasteiger charge is 2.22. The Morgan fingerprint density at radius 1 is 1.23 bits per heavy atom. The number of halogens is 1. The van der Waals surface area contributed by atoms with E-state index in [-0.39, 0.29) is 23.2 Å². The van der Waals surface area contributed by atoms with Crippen LogP contribution in [0.3, 0.4) is 0 Å². The molecular weight excluding hydrogens is 440 g/mol. The molecule has 0 saturated heterocycles. The van der Waals surface area contributed by atoms with Crippen molar-refractivity contribution in [2.75, 3.05) is 29.8 Å². The largest absolute Gasteiger partial charge is 0.490 e. The highest BCUT2D eigenvalue weighted by molar-refractivity contribution is 7.92. The molecule has 0 fully saturated rings. The predicted molar refractivity (Wildman–Crippen MR) is 119 cm³/mol. The summed E-state index contributed by atoms with van der Waals surface area (Å²) in [7, 11) is -1.93. The third-order valence-corrected chi connectivity index (χ3v) is 6.79. The van der Waals surface area contributed by atoms with Crippen molar-refractivity contribution < 1.29 is 17.9 Å². The second-order valence-corrected chi connectivity index (χ2v) is 9.10. The average molecular weight is 461 g/mol. The number of nitrogens with one attached hydrogen (secondary N) is 1. The summed E-state index contributed by atoms with van der Waals surface area (Å²) in [6.07, 6.45) is 2.83. The SMILES string of the molecule is Cc1c(Cl)cccc1S(=O)(=O)Nc1nccnc1OCc1ccc2c(c1)N(C)CCO2. The molecule has 4 rings (SSSR count). The fourth-order valence-corrected chi connectivity index (χ4v) is 4.71. The van der Waals surface area contributed by atoms with Gasteiger partial charge in [-0.25, -0.2) is 18.4 Å². The van der Waals surface area contributed by atoms with Gasteiger partial charge in [-0.3, -0.25) is 4.72 Å². The Kier molecular flexibility index (Phi) is 5.88. The first-order chi connectivity index (χ1) is 14.8. The Morgan fingerprint density at radius 2 is 2.03 bits per heavy atom. The molecule has 1 aromatic heterocycles. The van der Waals surface area contributed by atoms with E-state index in [1.165, 1.54) is 18.5 Å². The first kappa shape index (κ1) is 21.2. The van der Waals surface area contributed by atoms with Crippen LogP contribution in [0, 0.1) is 6.92 Å². The molecule has 0 bridgehead atoms. The van der Waals surface area contributed by atoms with E-state index in [1.54, 1.807) is 19.1 Å². The molecular formula is C21H21ClN4O4S. The molecule has 0 spiro atoms. The number of likely N-dealkylation sites (N-methyl/N-ethyl adjacent to an activating group) is 1. The smallest absolute Gasteiger partial charge is 0.263 e. The van der Waals surface area contributed by atoms with Crippen LogP contribution in [0.5, 0.6) is 11.6 Å². The van der Waals surface area contributed by atoms with Gasteiger partial charge in [0.2, 0.25) is 5.82 Å². The van der Waals surface area contributed by atoms with Crippen LogP contribution in [0.1, 0.15) is 11.1 Å². The maximum absolute atomic E-state index is 12.9. The van der Waals surface area contributed by atoms with Crippen molar-refractivity contribution in [2.45, 2.75) is 18.4 Å². The first-order valence-electron chi connectivity index (χ1n) is 9.54. The Bertz CT molecular complexity index is 1220. The maximum Gasteiger partial charge on any atom is 0.263 e. The topological polar surface area (TPSA) is 93.7 Å².